The molecule has 92 valence electrons. The van der Waals surface area contributed by atoms with Crippen molar-refractivity contribution in [2.24, 2.45) is 0 Å². The molecule has 0 fully saturated rings. The minimum atomic E-state index is -1.04. The van der Waals surface area contributed by atoms with Gasteiger partial charge in [-0.05, 0) is 30.7 Å². The summed E-state index contributed by atoms with van der Waals surface area (Å²) in [5.41, 5.74) is 1.72. The average Bonchev–Trinajstić information content (AvgIpc) is 2.31. The third-order valence-corrected chi connectivity index (χ3v) is 2.66. The van der Waals surface area contributed by atoms with Crippen molar-refractivity contribution in [3.8, 4) is 0 Å². The summed E-state index contributed by atoms with van der Waals surface area (Å²) in [5.74, 6) is -0.586. The summed E-state index contributed by atoms with van der Waals surface area (Å²) in [6.07, 6.45) is 0.556. The highest BCUT2D eigenvalue weighted by Gasteiger charge is 2.08. The van der Waals surface area contributed by atoms with Gasteiger partial charge in [0.25, 0.3) is 0 Å². The summed E-state index contributed by atoms with van der Waals surface area (Å²) < 4.78 is 0. The number of halogens is 1. The van der Waals surface area contributed by atoms with E-state index >= 15 is 0 Å². The van der Waals surface area contributed by atoms with E-state index in [9.17, 15) is 4.79 Å². The van der Waals surface area contributed by atoms with Crippen molar-refractivity contribution < 1.29 is 9.90 Å². The molecule has 1 heterocycles. The smallest absolute Gasteiger partial charge is 0.354 e. The Balaban J connectivity index is 2.28. The van der Waals surface area contributed by atoms with Crippen molar-refractivity contribution in [2.45, 2.75) is 13.3 Å². The van der Waals surface area contributed by atoms with Gasteiger partial charge in [-0.2, -0.15) is 0 Å². The Morgan fingerprint density at radius 2 is 1.94 bits per heavy atom. The fraction of sp³-hybridized carbons (Fsp3) is 0.154. The number of aromatic nitrogens is 2. The van der Waals surface area contributed by atoms with Crippen LogP contribution in [0.1, 0.15) is 27.6 Å². The highest BCUT2D eigenvalue weighted by molar-refractivity contribution is 6.30. The molecule has 0 aliphatic rings. The number of carboxylic acid groups (broad SMARTS) is 1. The first kappa shape index (κ1) is 12.5. The fourth-order valence-electron chi connectivity index (χ4n) is 1.64. The van der Waals surface area contributed by atoms with Crippen molar-refractivity contribution in [1.82, 2.24) is 9.97 Å². The van der Waals surface area contributed by atoms with Crippen LogP contribution in [0.15, 0.2) is 30.3 Å². The molecule has 1 aromatic carbocycles. The van der Waals surface area contributed by atoms with Gasteiger partial charge in [-0.15, -0.1) is 0 Å². The number of hydrogen-bond acceptors (Lipinski definition) is 3. The molecule has 4 nitrogen and oxygen atoms in total. The molecule has 0 aliphatic carbocycles. The van der Waals surface area contributed by atoms with Crippen LogP contribution in [0, 0.1) is 6.92 Å². The second-order valence-corrected chi connectivity index (χ2v) is 4.34. The first-order valence-corrected chi connectivity index (χ1v) is 5.74. The van der Waals surface area contributed by atoms with Gasteiger partial charge in [0.15, 0.2) is 5.69 Å². The number of hydrogen-bond donors (Lipinski definition) is 1. The van der Waals surface area contributed by atoms with Crippen LogP contribution in [0.5, 0.6) is 0 Å². The number of rotatable bonds is 3. The van der Waals surface area contributed by atoms with Gasteiger partial charge in [0.05, 0.1) is 0 Å². The van der Waals surface area contributed by atoms with Crippen LogP contribution in [0.25, 0.3) is 0 Å². The molecule has 5 heteroatoms. The normalized spacial score (nSPS) is 10.3. The zero-order valence-electron chi connectivity index (χ0n) is 9.72. The number of carbonyl (C=O) groups is 1. The number of benzene rings is 1. The van der Waals surface area contributed by atoms with Crippen molar-refractivity contribution in [3.05, 3.63) is 58.1 Å². The molecule has 0 aliphatic heterocycles. The van der Waals surface area contributed by atoms with Gasteiger partial charge in [-0.3, -0.25) is 0 Å². The van der Waals surface area contributed by atoms with Crippen molar-refractivity contribution >= 4 is 17.6 Å². The predicted molar refractivity (Wildman–Crippen MR) is 68.0 cm³/mol. The number of aryl methyl sites for hydroxylation is 1. The Bertz CT molecular complexity index is 582. The van der Waals surface area contributed by atoms with Gasteiger partial charge in [0.1, 0.15) is 5.82 Å². The molecule has 0 unspecified atom stereocenters. The molecule has 0 atom stereocenters. The van der Waals surface area contributed by atoms with Gasteiger partial charge in [0.2, 0.25) is 0 Å². The summed E-state index contributed by atoms with van der Waals surface area (Å²) in [6, 6.07) is 8.86. The SMILES string of the molecule is Cc1nc(Cc2ccc(Cl)cc2)cc(C(=O)O)n1. The van der Waals surface area contributed by atoms with E-state index < -0.39 is 5.97 Å². The zero-order valence-corrected chi connectivity index (χ0v) is 10.5. The lowest BCUT2D eigenvalue weighted by molar-refractivity contribution is 0.0689. The van der Waals surface area contributed by atoms with E-state index in [1.54, 1.807) is 19.1 Å². The minimum Gasteiger partial charge on any atom is -0.477 e. The van der Waals surface area contributed by atoms with Crippen LogP contribution in [-0.2, 0) is 6.42 Å². The van der Waals surface area contributed by atoms with Crippen LogP contribution in [0.3, 0.4) is 0 Å². The average molecular weight is 263 g/mol. The van der Waals surface area contributed by atoms with Gasteiger partial charge in [-0.25, -0.2) is 14.8 Å². The Morgan fingerprint density at radius 1 is 1.28 bits per heavy atom. The molecule has 0 bridgehead atoms. The highest BCUT2D eigenvalue weighted by Crippen LogP contribution is 2.13. The Labute approximate surface area is 109 Å². The van der Waals surface area contributed by atoms with E-state index in [1.807, 2.05) is 12.1 Å². The second-order valence-electron chi connectivity index (χ2n) is 3.90. The standard InChI is InChI=1S/C13H11ClN2O2/c1-8-15-11(7-12(16-8)13(17)18)6-9-2-4-10(14)5-3-9/h2-5,7H,6H2,1H3,(H,17,18). The molecule has 0 spiro atoms. The summed E-state index contributed by atoms with van der Waals surface area (Å²) in [7, 11) is 0. The largest absolute Gasteiger partial charge is 0.477 e. The Morgan fingerprint density at radius 3 is 2.56 bits per heavy atom. The van der Waals surface area contributed by atoms with E-state index in [0.717, 1.165) is 5.56 Å². The third kappa shape index (κ3) is 3.05. The van der Waals surface area contributed by atoms with Crippen molar-refractivity contribution in [2.75, 3.05) is 0 Å². The summed E-state index contributed by atoms with van der Waals surface area (Å²) in [6.45, 7) is 1.68. The third-order valence-electron chi connectivity index (χ3n) is 2.41. The van der Waals surface area contributed by atoms with Gasteiger partial charge in [-0.1, -0.05) is 23.7 Å². The van der Waals surface area contributed by atoms with E-state index in [0.29, 0.717) is 23.0 Å². The molecule has 1 aromatic heterocycles. The molecule has 2 rings (SSSR count). The van der Waals surface area contributed by atoms with E-state index in [2.05, 4.69) is 9.97 Å². The summed E-state index contributed by atoms with van der Waals surface area (Å²) in [4.78, 5) is 19.0. The summed E-state index contributed by atoms with van der Waals surface area (Å²) >= 11 is 5.80. The first-order valence-electron chi connectivity index (χ1n) is 5.37. The minimum absolute atomic E-state index is 0.0199. The van der Waals surface area contributed by atoms with Crippen molar-refractivity contribution in [1.29, 1.82) is 0 Å². The van der Waals surface area contributed by atoms with E-state index in [1.165, 1.54) is 6.07 Å². The van der Waals surface area contributed by atoms with Crippen LogP contribution >= 0.6 is 11.6 Å². The molecule has 0 saturated heterocycles. The zero-order chi connectivity index (χ0) is 13.1. The number of nitrogens with zero attached hydrogens (tertiary/aromatic N) is 2. The van der Waals surface area contributed by atoms with E-state index in [4.69, 9.17) is 16.7 Å². The lowest BCUT2D eigenvalue weighted by atomic mass is 10.1. The molecule has 0 radical (unpaired) electrons. The number of carboxylic acids is 1. The van der Waals surface area contributed by atoms with E-state index in [-0.39, 0.29) is 5.69 Å². The Kier molecular flexibility index (Phi) is 3.58. The lowest BCUT2D eigenvalue weighted by Crippen LogP contribution is -2.06. The maximum Gasteiger partial charge on any atom is 0.354 e. The molecule has 18 heavy (non-hydrogen) atoms. The maximum absolute atomic E-state index is 10.9. The van der Waals surface area contributed by atoms with Crippen LogP contribution < -0.4 is 0 Å². The highest BCUT2D eigenvalue weighted by atomic mass is 35.5. The Hall–Kier alpha value is -1.94. The topological polar surface area (TPSA) is 63.1 Å². The molecule has 1 N–H and O–H groups in total. The maximum atomic E-state index is 10.9. The van der Waals surface area contributed by atoms with Crippen LogP contribution in [-0.4, -0.2) is 21.0 Å². The van der Waals surface area contributed by atoms with Gasteiger partial charge < -0.3 is 5.11 Å². The second kappa shape index (κ2) is 5.14. The fourth-order valence-corrected chi connectivity index (χ4v) is 1.77. The molecular weight excluding hydrogens is 252 g/mol. The monoisotopic (exact) mass is 262 g/mol. The predicted octanol–water partition coefficient (Wildman–Crippen LogP) is 2.73. The number of aromatic carboxylic acids is 1. The molecule has 0 amide bonds. The molecule has 2 aromatic rings. The summed E-state index contributed by atoms with van der Waals surface area (Å²) in [5, 5.41) is 9.60. The van der Waals surface area contributed by atoms with Crippen LogP contribution in [0.4, 0.5) is 0 Å². The first-order chi connectivity index (χ1) is 8.54. The molecule has 0 saturated carbocycles. The van der Waals surface area contributed by atoms with Gasteiger partial charge in [0, 0.05) is 17.1 Å². The quantitative estimate of drug-likeness (QED) is 0.924. The van der Waals surface area contributed by atoms with Crippen molar-refractivity contribution in [3.63, 3.8) is 0 Å². The lowest BCUT2D eigenvalue weighted by Gasteiger charge is -2.04. The van der Waals surface area contributed by atoms with Crippen LogP contribution in [0.2, 0.25) is 5.02 Å². The molecular formula is C13H11ClN2O2. The van der Waals surface area contributed by atoms with Gasteiger partial charge >= 0.3 is 5.97 Å².